The molecule has 1 aromatic rings. The van der Waals surface area contributed by atoms with Gasteiger partial charge in [-0.25, -0.2) is 15.0 Å². The number of hydrogen-bond donors (Lipinski definition) is 2. The number of carbonyl (C=O) groups is 1. The Bertz CT molecular complexity index is 503. The lowest BCUT2D eigenvalue weighted by atomic mass is 10.2. The van der Waals surface area contributed by atoms with Crippen LogP contribution in [0.15, 0.2) is 35.0 Å². The number of nitrogens with one attached hydrogen (secondary N) is 1. The molecule has 88 valence electrons. The first-order valence-corrected chi connectivity index (χ1v) is 4.89. The Morgan fingerprint density at radius 1 is 1.41 bits per heavy atom. The van der Waals surface area contributed by atoms with E-state index in [2.05, 4.69) is 4.99 Å². The van der Waals surface area contributed by atoms with Crippen LogP contribution in [-0.4, -0.2) is 17.1 Å². The third-order valence-electron chi connectivity index (χ3n) is 2.19. The van der Waals surface area contributed by atoms with E-state index in [1.54, 1.807) is 25.1 Å². The van der Waals surface area contributed by atoms with E-state index in [0.29, 0.717) is 11.5 Å². The summed E-state index contributed by atoms with van der Waals surface area (Å²) in [5, 5.41) is 18.4. The largest absolute Gasteiger partial charge is 0.595 e. The summed E-state index contributed by atoms with van der Waals surface area (Å²) < 4.78 is 4.76. The highest BCUT2D eigenvalue weighted by molar-refractivity contribution is 6.06. The molecule has 1 aliphatic rings. The Labute approximate surface area is 97.0 Å². The van der Waals surface area contributed by atoms with Gasteiger partial charge in [0.05, 0.1) is 0 Å². The molecule has 1 heterocycles. The van der Waals surface area contributed by atoms with Gasteiger partial charge in [-0.05, 0) is 23.8 Å². The van der Waals surface area contributed by atoms with Crippen molar-refractivity contribution in [3.8, 4) is 0 Å². The fraction of sp³-hybridized carbons (Fsp3) is 0.0909. The van der Waals surface area contributed by atoms with E-state index < -0.39 is 11.2 Å². The molecule has 1 atom stereocenters. The van der Waals surface area contributed by atoms with Crippen LogP contribution in [0, 0.1) is 5.21 Å². The number of carbonyl (C=O) groups excluding carboxylic acids is 1. The van der Waals surface area contributed by atoms with Gasteiger partial charge < -0.3 is 9.94 Å². The van der Waals surface area contributed by atoms with Crippen LogP contribution in [0.2, 0.25) is 0 Å². The molecular formula is C11H10N2O4. The minimum atomic E-state index is -0.988. The third-order valence-corrected chi connectivity index (χ3v) is 2.19. The van der Waals surface area contributed by atoms with Gasteiger partial charge >= 0.3 is 5.97 Å². The average Bonchev–Trinajstić information content (AvgIpc) is 2.58. The van der Waals surface area contributed by atoms with Gasteiger partial charge in [-0.1, -0.05) is 0 Å². The monoisotopic (exact) mass is 234 g/mol. The maximum absolute atomic E-state index is 11.3. The van der Waals surface area contributed by atoms with Gasteiger partial charge in [-0.2, -0.15) is 5.23 Å². The van der Waals surface area contributed by atoms with Crippen LogP contribution < -0.4 is 5.23 Å². The fourth-order valence-electron chi connectivity index (χ4n) is 1.40. The highest BCUT2D eigenvalue weighted by atomic mass is 16.8. The van der Waals surface area contributed by atoms with Crippen molar-refractivity contribution in [3.63, 3.8) is 0 Å². The summed E-state index contributed by atoms with van der Waals surface area (Å²) in [6.07, 6.45) is 1.55. The summed E-state index contributed by atoms with van der Waals surface area (Å²) in [4.78, 5) is 15.2. The number of rotatable bonds is 2. The lowest BCUT2D eigenvalue weighted by molar-refractivity contribution is -0.991. The van der Waals surface area contributed by atoms with E-state index in [4.69, 9.17) is 9.94 Å². The van der Waals surface area contributed by atoms with Crippen molar-refractivity contribution in [2.75, 3.05) is 0 Å². The SMILES string of the molecule is CC1=N/C(=C\c2ccc([NH+]([O-])O)cc2)C(=O)O1. The number of cyclic esters (lactones) is 1. The van der Waals surface area contributed by atoms with Crippen molar-refractivity contribution in [1.29, 1.82) is 0 Å². The van der Waals surface area contributed by atoms with Gasteiger partial charge in [0.1, 0.15) is 0 Å². The Morgan fingerprint density at radius 3 is 2.53 bits per heavy atom. The first kappa shape index (κ1) is 11.5. The average molecular weight is 234 g/mol. The molecule has 0 aliphatic carbocycles. The Morgan fingerprint density at radius 2 is 2.06 bits per heavy atom. The summed E-state index contributed by atoms with van der Waals surface area (Å²) in [5.41, 5.74) is 1.10. The maximum atomic E-state index is 11.3. The second kappa shape index (κ2) is 4.46. The van der Waals surface area contributed by atoms with Crippen LogP contribution in [0.25, 0.3) is 6.08 Å². The van der Waals surface area contributed by atoms with Gasteiger partial charge in [-0.15, -0.1) is 0 Å². The van der Waals surface area contributed by atoms with E-state index in [9.17, 15) is 10.0 Å². The summed E-state index contributed by atoms with van der Waals surface area (Å²) in [6.45, 7) is 1.59. The third kappa shape index (κ3) is 2.56. The number of nitrogens with zero attached hydrogens (tertiary/aromatic N) is 1. The normalized spacial score (nSPS) is 19.1. The van der Waals surface area contributed by atoms with Crippen molar-refractivity contribution in [2.24, 2.45) is 4.99 Å². The molecule has 2 N–H and O–H groups in total. The van der Waals surface area contributed by atoms with Crippen molar-refractivity contribution >= 4 is 23.6 Å². The number of esters is 1. The van der Waals surface area contributed by atoms with E-state index in [1.807, 2.05) is 0 Å². The quantitative estimate of drug-likeness (QED) is 0.440. The first-order chi connectivity index (χ1) is 8.06. The maximum Gasteiger partial charge on any atom is 0.363 e. The van der Waals surface area contributed by atoms with Crippen LogP contribution in [0.1, 0.15) is 12.5 Å². The predicted octanol–water partition coefficient (Wildman–Crippen LogP) is 0.406. The lowest BCUT2D eigenvalue weighted by Crippen LogP contribution is -2.99. The predicted molar refractivity (Wildman–Crippen MR) is 59.4 cm³/mol. The topological polar surface area (TPSA) is 86.4 Å². The molecule has 1 unspecified atom stereocenters. The van der Waals surface area contributed by atoms with E-state index in [0.717, 1.165) is 0 Å². The van der Waals surface area contributed by atoms with Gasteiger partial charge in [-0.3, -0.25) is 0 Å². The molecule has 6 heteroatoms. The lowest BCUT2D eigenvalue weighted by Gasteiger charge is -2.10. The van der Waals surface area contributed by atoms with Crippen molar-refractivity contribution in [3.05, 3.63) is 40.7 Å². The van der Waals surface area contributed by atoms with Gasteiger partial charge in [0.15, 0.2) is 17.3 Å². The number of aliphatic imine (C=N–C) groups is 1. The number of ether oxygens (including phenoxy) is 1. The zero-order valence-electron chi connectivity index (χ0n) is 9.01. The van der Waals surface area contributed by atoms with Crippen molar-refractivity contribution < 1.29 is 20.0 Å². The fourth-order valence-corrected chi connectivity index (χ4v) is 1.40. The minimum Gasteiger partial charge on any atom is -0.595 e. The molecule has 0 bridgehead atoms. The molecule has 0 fully saturated rings. The van der Waals surface area contributed by atoms with Crippen LogP contribution in [0.4, 0.5) is 5.69 Å². The molecule has 0 spiro atoms. The Hall–Kier alpha value is -2.02. The van der Waals surface area contributed by atoms with Crippen molar-refractivity contribution in [1.82, 2.24) is 0 Å². The molecule has 17 heavy (non-hydrogen) atoms. The smallest absolute Gasteiger partial charge is 0.363 e. The highest BCUT2D eigenvalue weighted by Gasteiger charge is 2.19. The molecule has 0 amide bonds. The first-order valence-electron chi connectivity index (χ1n) is 4.89. The molecule has 0 saturated carbocycles. The molecule has 1 aromatic carbocycles. The molecule has 0 aromatic heterocycles. The van der Waals surface area contributed by atoms with Crippen LogP contribution >= 0.6 is 0 Å². The van der Waals surface area contributed by atoms with E-state index >= 15 is 0 Å². The van der Waals surface area contributed by atoms with Gasteiger partial charge in [0, 0.05) is 19.1 Å². The second-order valence-corrected chi connectivity index (χ2v) is 3.48. The Kier molecular flexibility index (Phi) is 3.01. The van der Waals surface area contributed by atoms with Crippen LogP contribution in [0.5, 0.6) is 0 Å². The summed E-state index contributed by atoms with van der Waals surface area (Å²) in [7, 11) is 0. The zero-order valence-corrected chi connectivity index (χ0v) is 9.01. The molecule has 1 aliphatic heterocycles. The summed E-state index contributed by atoms with van der Waals surface area (Å²) >= 11 is 0. The Balaban J connectivity index is 2.25. The number of quaternary nitrogens is 1. The minimum absolute atomic E-state index is 0.195. The van der Waals surface area contributed by atoms with E-state index in [-0.39, 0.29) is 11.4 Å². The van der Waals surface area contributed by atoms with Gasteiger partial charge in [0.25, 0.3) is 0 Å². The molecule has 2 rings (SSSR count). The zero-order chi connectivity index (χ0) is 12.4. The van der Waals surface area contributed by atoms with Gasteiger partial charge in [0.2, 0.25) is 0 Å². The number of benzene rings is 1. The van der Waals surface area contributed by atoms with Crippen LogP contribution in [0.3, 0.4) is 0 Å². The number of hydrogen-bond acceptors (Lipinski definition) is 5. The molecule has 6 nitrogen and oxygen atoms in total. The highest BCUT2D eigenvalue weighted by Crippen LogP contribution is 2.15. The molecular weight excluding hydrogens is 224 g/mol. The van der Waals surface area contributed by atoms with Crippen molar-refractivity contribution in [2.45, 2.75) is 6.92 Å². The molecule has 0 saturated heterocycles. The van der Waals surface area contributed by atoms with Crippen LogP contribution in [-0.2, 0) is 9.53 Å². The summed E-state index contributed by atoms with van der Waals surface area (Å²) in [6, 6.07) is 6.14. The summed E-state index contributed by atoms with van der Waals surface area (Å²) in [5.74, 6) is -0.187. The van der Waals surface area contributed by atoms with E-state index in [1.165, 1.54) is 12.1 Å². The standard InChI is InChI=1S/C11H10N2O4/c1-7-12-10(11(14)17-7)6-8-2-4-9(5-3-8)13(15)16/h2-6,13,15H,1H3/b10-6-. The molecule has 0 radical (unpaired) electrons. The second-order valence-electron chi connectivity index (χ2n) is 3.48.